The fourth-order valence-electron chi connectivity index (χ4n) is 12.6. The van der Waals surface area contributed by atoms with Gasteiger partial charge in [-0.3, -0.25) is 0 Å². The molecule has 2 nitrogen and oxygen atoms in total. The van der Waals surface area contributed by atoms with Crippen LogP contribution in [0.3, 0.4) is 0 Å². The molecule has 0 bridgehead atoms. The summed E-state index contributed by atoms with van der Waals surface area (Å²) in [6.07, 6.45) is 85.1. The zero-order valence-corrected chi connectivity index (χ0v) is 62.8. The predicted octanol–water partition coefficient (Wildman–Crippen LogP) is 30.3. The van der Waals surface area contributed by atoms with Crippen LogP contribution in [-0.4, -0.2) is 10.7 Å². The van der Waals surface area contributed by atoms with E-state index in [0.29, 0.717) is 0 Å². The van der Waals surface area contributed by atoms with Crippen molar-refractivity contribution >= 4 is 11.4 Å². The molecule has 0 saturated heterocycles. The van der Waals surface area contributed by atoms with E-state index in [-0.39, 0.29) is 16.5 Å². The molecule has 0 atom stereocenters. The molecule has 0 aliphatic rings. The molecule has 0 aromatic heterocycles. The Kier molecular flexibility index (Phi) is 75.5. The van der Waals surface area contributed by atoms with E-state index in [2.05, 4.69) is 139 Å². The van der Waals surface area contributed by atoms with Crippen LogP contribution in [0.4, 0.5) is 0 Å². The van der Waals surface area contributed by atoms with Crippen molar-refractivity contribution in [3.05, 3.63) is 113 Å². The van der Waals surface area contributed by atoms with Crippen LogP contribution in [0.1, 0.15) is 436 Å². The van der Waals surface area contributed by atoms with Crippen LogP contribution in [-0.2, 0) is 29.3 Å². The summed E-state index contributed by atoms with van der Waals surface area (Å²) in [7, 11) is 0. The van der Waals surface area contributed by atoms with Gasteiger partial charge in [0.2, 0.25) is 0 Å². The fraction of sp³-hybridized carbons (Fsp3) is 0.750. The van der Waals surface area contributed by atoms with Crippen LogP contribution in [0, 0.1) is 25.7 Å². The Morgan fingerprint density at radius 2 is 0.747 bits per heavy atom. The Labute approximate surface area is 581 Å². The molecule has 2 aromatic carbocycles. The van der Waals surface area contributed by atoms with E-state index in [9.17, 15) is 5.53 Å². The molecule has 0 aliphatic heterocycles. The molecule has 0 saturated carbocycles. The van der Waals surface area contributed by atoms with E-state index in [1.807, 2.05) is 0 Å². The average molecular weight is 1300 g/mol. The molecule has 0 unspecified atom stereocenters. The van der Waals surface area contributed by atoms with Gasteiger partial charge in [0.05, 0.1) is 0 Å². The number of hydrogen-bond acceptors (Lipinski definition) is 0. The summed E-state index contributed by atoms with van der Waals surface area (Å²) in [5.41, 5.74) is 18.2. The standard InChI is InChI=1S/C64H102N2.2C12H25.Ni/c1-5-8-11-14-17-19-21-23-25-26-27-28-29-31-32-34-36-38-41-44-51-60-52-46-47-55-63(60)64(61-54-48-50-59(56-61)49-43-40-16-13-10-7-3)58(4)62(57-66-65)53-45-42-39-37-35-33-30-24-22-20-18-15-12-9-6-2;2*1-3-5-7-9-11-12-10-8-6-4-2;/h45-48,50,52-56H,5-37,39-40,42-44,49,51H2,1-4H3;2*1,3-12H2,2H3;/q;2*-1;+2. The normalized spacial score (nSPS) is 11.2. The number of nitrogens with zero attached hydrogens (tertiary/aromatic N) is 2. The maximum atomic E-state index is 9.86. The van der Waals surface area contributed by atoms with Gasteiger partial charge < -0.3 is 19.4 Å². The van der Waals surface area contributed by atoms with Gasteiger partial charge in [0.1, 0.15) is 5.57 Å². The predicted molar refractivity (Wildman–Crippen MR) is 408 cm³/mol. The van der Waals surface area contributed by atoms with Crippen molar-refractivity contribution in [2.24, 2.45) is 0 Å². The molecule has 91 heavy (non-hydrogen) atoms. The minimum Gasteiger partial charge on any atom is -0.348 e. The van der Waals surface area contributed by atoms with Crippen molar-refractivity contribution in [1.29, 1.82) is 0 Å². The Morgan fingerprint density at radius 1 is 0.396 bits per heavy atom. The first-order valence-electron chi connectivity index (χ1n) is 40.1. The first-order valence-corrected chi connectivity index (χ1v) is 40.1. The molecule has 0 heterocycles. The van der Waals surface area contributed by atoms with Crippen molar-refractivity contribution in [3.8, 4) is 11.8 Å². The molecule has 0 fully saturated rings. The Bertz CT molecular complexity index is 1980. The zero-order chi connectivity index (χ0) is 65.4. The SMILES string of the molecule is CCCCCCCCCCCCCCCC=CC(=C=[N+]=[N-])C(C)=C(c1cccc(CCCCCCCC)c1)c1ccccc1CCC#CCCCCCCCCCCCCCCCCCC.[CH2-]CCCCCCCCCCC.[CH2-]CCCCCCCCCCC.[Ni+2]. The summed E-state index contributed by atoms with van der Waals surface area (Å²) >= 11 is 0. The molecule has 0 amide bonds. The molecule has 3 heteroatoms. The molecule has 0 radical (unpaired) electrons. The van der Waals surface area contributed by atoms with Gasteiger partial charge in [-0.05, 0) is 84.9 Å². The molecule has 0 spiro atoms. The second-order valence-corrected chi connectivity index (χ2v) is 27.2. The molecule has 0 aliphatic carbocycles. The number of aryl methyl sites for hydroxylation is 2. The summed E-state index contributed by atoms with van der Waals surface area (Å²) in [6, 6.07) is 18.1. The Hall–Kier alpha value is -2.87. The van der Waals surface area contributed by atoms with Gasteiger partial charge in [0.15, 0.2) is 0 Å². The van der Waals surface area contributed by atoms with E-state index in [1.54, 1.807) is 0 Å². The number of rotatable bonds is 61. The smallest absolute Gasteiger partial charge is 0.348 e. The quantitative estimate of drug-likeness (QED) is 0.00925. The second kappa shape index (κ2) is 76.2. The molecule has 0 N–H and O–H groups in total. The van der Waals surface area contributed by atoms with Gasteiger partial charge in [0, 0.05) is 12.8 Å². The summed E-state index contributed by atoms with van der Waals surface area (Å²) in [5.74, 6) is 10.0. The topological polar surface area (TPSA) is 36.4 Å². The van der Waals surface area contributed by atoms with E-state index < -0.39 is 0 Å². The summed E-state index contributed by atoms with van der Waals surface area (Å²) in [6.45, 7) is 21.3. The van der Waals surface area contributed by atoms with E-state index in [1.165, 1.54) is 368 Å². The van der Waals surface area contributed by atoms with E-state index in [0.717, 1.165) is 56.1 Å². The van der Waals surface area contributed by atoms with Crippen molar-refractivity contribution < 1.29 is 21.3 Å². The number of hydrogen-bond donors (Lipinski definition) is 0. The van der Waals surface area contributed by atoms with E-state index in [4.69, 9.17) is 0 Å². The van der Waals surface area contributed by atoms with Crippen molar-refractivity contribution in [1.82, 2.24) is 0 Å². The molecular weight excluding hydrogens is 1140 g/mol. The molecule has 2 aromatic rings. The second-order valence-electron chi connectivity index (χ2n) is 27.2. The summed E-state index contributed by atoms with van der Waals surface area (Å²) in [4.78, 5) is 3.47. The summed E-state index contributed by atoms with van der Waals surface area (Å²) in [5, 5.41) is 0. The summed E-state index contributed by atoms with van der Waals surface area (Å²) < 4.78 is 0. The minimum atomic E-state index is 0. The average Bonchev–Trinajstić information content (AvgIpc) is 1.08. The van der Waals surface area contributed by atoms with Gasteiger partial charge in [-0.1, -0.05) is 410 Å². The van der Waals surface area contributed by atoms with Gasteiger partial charge in [-0.2, -0.15) is 12.8 Å². The van der Waals surface area contributed by atoms with Crippen molar-refractivity contribution in [2.75, 3.05) is 0 Å². The third-order valence-electron chi connectivity index (χ3n) is 18.5. The minimum absolute atomic E-state index is 0. The van der Waals surface area contributed by atoms with Crippen molar-refractivity contribution in [3.63, 3.8) is 0 Å². The monoisotopic (exact) mass is 1300 g/mol. The first kappa shape index (κ1) is 90.2. The number of allylic oxidation sites excluding steroid dienone is 4. The van der Waals surface area contributed by atoms with Crippen LogP contribution < -0.4 is 0 Å². The van der Waals surface area contributed by atoms with Crippen LogP contribution >= 0.6 is 0 Å². The van der Waals surface area contributed by atoms with Crippen LogP contribution in [0.5, 0.6) is 0 Å². The van der Waals surface area contributed by atoms with Crippen LogP contribution in [0.2, 0.25) is 0 Å². The van der Waals surface area contributed by atoms with Gasteiger partial charge >= 0.3 is 22.4 Å². The largest absolute Gasteiger partial charge is 2.00 e. The Morgan fingerprint density at radius 3 is 1.14 bits per heavy atom. The number of benzene rings is 2. The third-order valence-corrected chi connectivity index (χ3v) is 18.5. The zero-order valence-electron chi connectivity index (χ0n) is 61.8. The van der Waals surface area contributed by atoms with E-state index >= 15 is 0 Å². The first-order chi connectivity index (χ1) is 44.5. The molecule has 524 valence electrons. The Balaban J connectivity index is 0. The van der Waals surface area contributed by atoms with Crippen LogP contribution in [0.15, 0.2) is 71.8 Å². The molecular formula is C88H152N2Ni. The maximum Gasteiger partial charge on any atom is 2.00 e. The molecule has 2 rings (SSSR count). The number of unbranched alkanes of at least 4 members (excludes halogenated alkanes) is 52. The maximum absolute atomic E-state index is 9.86. The van der Waals surface area contributed by atoms with Crippen molar-refractivity contribution in [2.45, 2.75) is 427 Å². The van der Waals surface area contributed by atoms with Gasteiger partial charge in [-0.15, -0.1) is 16.6 Å². The third kappa shape index (κ3) is 60.5. The van der Waals surface area contributed by atoms with Crippen LogP contribution in [0.25, 0.3) is 11.1 Å². The van der Waals surface area contributed by atoms with Gasteiger partial charge in [0.25, 0.3) is 0 Å². The van der Waals surface area contributed by atoms with Gasteiger partial charge in [-0.25, -0.2) is 0 Å². The fourth-order valence-corrected chi connectivity index (χ4v) is 12.6.